The van der Waals surface area contributed by atoms with E-state index in [-0.39, 0.29) is 34.6 Å². The number of ketones is 2. The lowest BCUT2D eigenvalue weighted by Gasteiger charge is -2.50. The molecule has 0 radical (unpaired) electrons. The molecule has 3 aliphatic rings. The van der Waals surface area contributed by atoms with Crippen LogP contribution in [0.4, 0.5) is 11.4 Å². The lowest BCUT2D eigenvalue weighted by Crippen LogP contribution is -2.63. The number of amides is 2. The van der Waals surface area contributed by atoms with Gasteiger partial charge in [-0.3, -0.25) is 24.1 Å². The molecule has 2 amide bonds. The highest BCUT2D eigenvalue weighted by molar-refractivity contribution is 7.90. The molecule has 2 aromatic carbocycles. The van der Waals surface area contributed by atoms with Gasteiger partial charge in [0.1, 0.15) is 23.1 Å². The maximum atomic E-state index is 13.9. The van der Waals surface area contributed by atoms with Crippen LogP contribution in [-0.4, -0.2) is 95.2 Å². The van der Waals surface area contributed by atoms with E-state index in [1.807, 2.05) is 0 Å². The van der Waals surface area contributed by atoms with Crippen molar-refractivity contribution in [1.29, 1.82) is 0 Å². The van der Waals surface area contributed by atoms with Crippen LogP contribution in [0.1, 0.15) is 29.3 Å². The monoisotopic (exact) mass is 654 g/mol. The van der Waals surface area contributed by atoms with Crippen LogP contribution >= 0.6 is 0 Å². The number of phenols is 1. The zero-order valence-corrected chi connectivity index (χ0v) is 26.2. The van der Waals surface area contributed by atoms with E-state index in [4.69, 9.17) is 5.73 Å². The smallest absolute Gasteiger partial charge is 0.255 e. The Hall–Kier alpha value is -4.73. The number of carbonyl (C=O) groups is 4. The number of primary amides is 1. The summed E-state index contributed by atoms with van der Waals surface area (Å²) in [6, 6.07) is 6.79. The van der Waals surface area contributed by atoms with Gasteiger partial charge in [0.25, 0.3) is 5.91 Å². The van der Waals surface area contributed by atoms with Crippen molar-refractivity contribution in [3.05, 3.63) is 70.2 Å². The molecule has 0 aromatic heterocycles. The number of benzene rings is 2. The van der Waals surface area contributed by atoms with Gasteiger partial charge in [0.2, 0.25) is 11.7 Å². The summed E-state index contributed by atoms with van der Waals surface area (Å²) in [6.07, 6.45) is 1.11. The molecule has 5 atom stereocenters. The van der Waals surface area contributed by atoms with E-state index in [9.17, 15) is 48.0 Å². The minimum atomic E-state index is -3.49. The van der Waals surface area contributed by atoms with E-state index in [2.05, 4.69) is 10.6 Å². The fourth-order valence-corrected chi connectivity index (χ4v) is 7.37. The maximum Gasteiger partial charge on any atom is 0.255 e. The quantitative estimate of drug-likeness (QED) is 0.163. The van der Waals surface area contributed by atoms with Crippen molar-refractivity contribution in [1.82, 2.24) is 4.90 Å². The summed E-state index contributed by atoms with van der Waals surface area (Å²) in [4.78, 5) is 54.0. The van der Waals surface area contributed by atoms with E-state index in [0.29, 0.717) is 11.3 Å². The summed E-state index contributed by atoms with van der Waals surface area (Å²) in [5.41, 5.74) is 1.74. The highest BCUT2D eigenvalue weighted by atomic mass is 32.2. The summed E-state index contributed by atoms with van der Waals surface area (Å²) >= 11 is 0. The van der Waals surface area contributed by atoms with Crippen molar-refractivity contribution in [2.24, 2.45) is 17.6 Å². The van der Waals surface area contributed by atoms with E-state index in [1.165, 1.54) is 42.2 Å². The number of aliphatic hydroxyl groups is 3. The zero-order chi connectivity index (χ0) is 34.0. The number of Topliss-reactive ketones (excluding diaryl/α,β-unsaturated/α-hetero) is 2. The molecule has 0 saturated carbocycles. The van der Waals surface area contributed by atoms with Crippen LogP contribution < -0.4 is 16.4 Å². The Morgan fingerprint density at radius 2 is 1.78 bits per heavy atom. The van der Waals surface area contributed by atoms with Gasteiger partial charge in [-0.1, -0.05) is 12.1 Å². The number of likely N-dealkylation sites (N-methyl/N-ethyl adjacent to an activating group) is 1. The molecule has 244 valence electrons. The third-order valence-corrected chi connectivity index (χ3v) is 10.0. The number of carbonyl (C=O) groups excluding carboxylic acids is 4. The van der Waals surface area contributed by atoms with Gasteiger partial charge in [-0.25, -0.2) is 8.42 Å². The Morgan fingerprint density at radius 3 is 2.39 bits per heavy atom. The molecule has 3 unspecified atom stereocenters. The van der Waals surface area contributed by atoms with E-state index in [1.54, 1.807) is 20.2 Å². The summed E-state index contributed by atoms with van der Waals surface area (Å²) < 4.78 is 23.8. The highest BCUT2D eigenvalue weighted by Crippen LogP contribution is 2.52. The molecule has 2 aromatic rings. The topological polar surface area (TPSA) is 237 Å². The lowest BCUT2D eigenvalue weighted by atomic mass is 9.58. The summed E-state index contributed by atoms with van der Waals surface area (Å²) in [7, 11) is -0.397. The first-order chi connectivity index (χ1) is 21.4. The van der Waals surface area contributed by atoms with Gasteiger partial charge in [-0.15, -0.1) is 0 Å². The van der Waals surface area contributed by atoms with Crippen LogP contribution in [0.2, 0.25) is 0 Å². The third kappa shape index (κ3) is 5.09. The molecule has 0 bridgehead atoms. The normalized spacial score (nSPS) is 25.0. The average Bonchev–Trinajstić information content (AvgIpc) is 2.95. The standard InChI is InChI=1S/C31H34N4O10S/c1-13(33-16-6-5-7-17(12-16)46(4,44)45)30(42)34-19-9-8-14-10-15-11-18-23(35(2)3)26(38)22(29(32)41)28(40)31(18,43)27(39)21(15)25(37)20(14)24(19)36/h5-9,12-13,15,18,23,33,36,38-39,43H,10-11H2,1-4H3,(H2,32,41)(H,34,42)/t13?,15?,18?,23-,31-/m0/s1. The van der Waals surface area contributed by atoms with Crippen LogP contribution in [-0.2, 0) is 30.6 Å². The van der Waals surface area contributed by atoms with Crippen molar-refractivity contribution in [2.45, 2.75) is 42.3 Å². The second-order valence-corrected chi connectivity index (χ2v) is 14.1. The van der Waals surface area contributed by atoms with E-state index < -0.39 is 85.6 Å². The van der Waals surface area contributed by atoms with Gasteiger partial charge in [0.05, 0.1) is 22.2 Å². The van der Waals surface area contributed by atoms with Gasteiger partial charge in [-0.05, 0) is 69.6 Å². The largest absolute Gasteiger partial charge is 0.510 e. The Balaban J connectivity index is 1.47. The van der Waals surface area contributed by atoms with Gasteiger partial charge in [0.15, 0.2) is 27.0 Å². The fourth-order valence-electron chi connectivity index (χ4n) is 6.70. The third-order valence-electron chi connectivity index (χ3n) is 8.89. The molecule has 14 nitrogen and oxygen atoms in total. The lowest BCUT2D eigenvalue weighted by molar-refractivity contribution is -0.148. The molecule has 0 aliphatic heterocycles. The molecule has 0 fully saturated rings. The average molecular weight is 655 g/mol. The number of sulfone groups is 1. The van der Waals surface area contributed by atoms with Gasteiger partial charge >= 0.3 is 0 Å². The summed E-state index contributed by atoms with van der Waals surface area (Å²) in [6.45, 7) is 1.50. The van der Waals surface area contributed by atoms with Crippen LogP contribution in [0.3, 0.4) is 0 Å². The molecular weight excluding hydrogens is 620 g/mol. The Labute approximate surface area is 264 Å². The SMILES string of the molecule is CC(Nc1cccc(S(C)(=O)=O)c1)C(=O)Nc1ccc2c(c1O)C(=O)C1=C(O)[C@]3(O)C(=O)C(C(N)=O)=C(O)[C@@H](N(C)C)C3CC1C2. The van der Waals surface area contributed by atoms with E-state index in [0.717, 1.165) is 6.26 Å². The predicted octanol–water partition coefficient (Wildman–Crippen LogP) is 0.963. The number of anilines is 2. The number of nitrogens with zero attached hydrogens (tertiary/aromatic N) is 1. The summed E-state index contributed by atoms with van der Waals surface area (Å²) in [5, 5.41) is 50.6. The van der Waals surface area contributed by atoms with Crippen molar-refractivity contribution >= 4 is 44.6 Å². The Bertz CT molecular complexity index is 1880. The molecule has 3 aliphatic carbocycles. The highest BCUT2D eigenvalue weighted by Gasteiger charge is 2.63. The van der Waals surface area contributed by atoms with Crippen molar-refractivity contribution < 1.29 is 48.0 Å². The molecule has 46 heavy (non-hydrogen) atoms. The summed E-state index contributed by atoms with van der Waals surface area (Å²) in [5.74, 6) is -8.28. The molecule has 0 spiro atoms. The number of aromatic hydroxyl groups is 1. The van der Waals surface area contributed by atoms with Gasteiger partial charge in [-0.2, -0.15) is 0 Å². The van der Waals surface area contributed by atoms with Crippen molar-refractivity contribution in [3.8, 4) is 5.75 Å². The maximum absolute atomic E-state index is 13.9. The number of rotatable bonds is 7. The number of allylic oxidation sites excluding steroid dienone is 1. The molecule has 15 heteroatoms. The number of nitrogens with two attached hydrogens (primary N) is 1. The zero-order valence-electron chi connectivity index (χ0n) is 25.4. The minimum Gasteiger partial charge on any atom is -0.510 e. The first kappa shape index (κ1) is 32.7. The Morgan fingerprint density at radius 1 is 1.11 bits per heavy atom. The van der Waals surface area contributed by atoms with Crippen molar-refractivity contribution in [2.75, 3.05) is 31.0 Å². The molecule has 8 N–H and O–H groups in total. The second kappa shape index (κ2) is 11.3. The number of fused-ring (bicyclic) bond motifs is 3. The van der Waals surface area contributed by atoms with Gasteiger partial charge in [0, 0.05) is 23.4 Å². The fraction of sp³-hybridized carbons (Fsp3) is 0.355. The number of phenolic OH excluding ortho intramolecular Hbond substituents is 1. The number of hydrogen-bond donors (Lipinski definition) is 7. The number of hydrogen-bond acceptors (Lipinski definition) is 12. The van der Waals surface area contributed by atoms with E-state index >= 15 is 0 Å². The Kier molecular flexibility index (Phi) is 7.99. The number of nitrogens with one attached hydrogen (secondary N) is 2. The van der Waals surface area contributed by atoms with Gasteiger partial charge < -0.3 is 36.8 Å². The molecule has 5 rings (SSSR count). The molecular formula is C31H34N4O10S. The molecule has 0 heterocycles. The van der Waals surface area contributed by atoms with Crippen LogP contribution in [0.25, 0.3) is 0 Å². The van der Waals surface area contributed by atoms with Crippen LogP contribution in [0.5, 0.6) is 5.75 Å². The van der Waals surface area contributed by atoms with Crippen LogP contribution in [0.15, 0.2) is 64.0 Å². The van der Waals surface area contributed by atoms with Crippen LogP contribution in [0, 0.1) is 11.8 Å². The predicted molar refractivity (Wildman–Crippen MR) is 165 cm³/mol. The number of aliphatic hydroxyl groups excluding tert-OH is 2. The second-order valence-electron chi connectivity index (χ2n) is 12.1. The minimum absolute atomic E-state index is 0.0469. The van der Waals surface area contributed by atoms with Crippen molar-refractivity contribution in [3.63, 3.8) is 0 Å². The molecule has 0 saturated heterocycles. The first-order valence-electron chi connectivity index (χ1n) is 14.3. The first-order valence-corrected chi connectivity index (χ1v) is 16.2.